The first-order chi connectivity index (χ1) is 44.6. The van der Waals surface area contributed by atoms with Crippen molar-refractivity contribution in [2.45, 2.75) is 207 Å². The van der Waals surface area contributed by atoms with Crippen LogP contribution in [0.3, 0.4) is 0 Å². The molecule has 92 heavy (non-hydrogen) atoms. The Kier molecular flexibility index (Phi) is 16.6. The van der Waals surface area contributed by atoms with Gasteiger partial charge in [-0.3, -0.25) is 4.79 Å². The Morgan fingerprint density at radius 2 is 1.63 bits per heavy atom. The number of carboxylic acid groups (broad SMARTS) is 1. The summed E-state index contributed by atoms with van der Waals surface area (Å²) in [5, 5.41) is 60.9. The number of hydrogen-bond donors (Lipinski definition) is 6. The second kappa shape index (κ2) is 24.4. The Labute approximate surface area is 550 Å². The molecule has 13 atom stereocenters. The van der Waals surface area contributed by atoms with Gasteiger partial charge in [-0.15, -0.1) is 0 Å². The molecule has 8 nitrogen and oxygen atoms in total. The van der Waals surface area contributed by atoms with Gasteiger partial charge in [0.1, 0.15) is 0 Å². The molecule has 0 unspecified atom stereocenters. The number of benzene rings is 3. The molecular weight excluding hydrogens is 1130 g/mol. The Morgan fingerprint density at radius 3 is 2.39 bits per heavy atom. The summed E-state index contributed by atoms with van der Waals surface area (Å²) in [4.78, 5) is 14.8. The summed E-state index contributed by atoms with van der Waals surface area (Å²) < 4.78 is 5.45. The molecule has 0 radical (unpaired) electrons. The fraction of sp³-hybridized carbons (Fsp3) is 0.607. The maximum absolute atomic E-state index is 14.8. The van der Waals surface area contributed by atoms with Gasteiger partial charge in [-0.05, 0) is 261 Å². The smallest absolute Gasteiger partial charge is 0.306 e. The van der Waals surface area contributed by atoms with E-state index in [9.17, 15) is 25.2 Å². The van der Waals surface area contributed by atoms with Crippen LogP contribution in [-0.4, -0.2) is 65.4 Å². The van der Waals surface area contributed by atoms with E-state index in [1.807, 2.05) is 0 Å². The average molecular weight is 1240 g/mol. The van der Waals surface area contributed by atoms with E-state index in [2.05, 4.69) is 142 Å². The van der Waals surface area contributed by atoms with Crippen molar-refractivity contribution in [2.75, 3.05) is 26.8 Å². The molecule has 15 bridgehead atoms. The number of carbonyl (C=O) groups is 1. The summed E-state index contributed by atoms with van der Waals surface area (Å²) in [6.07, 6.45) is 40.7. The highest BCUT2D eigenvalue weighted by molar-refractivity contribution is 5.78. The van der Waals surface area contributed by atoms with Crippen LogP contribution in [0.15, 0.2) is 131 Å². The zero-order valence-corrected chi connectivity index (χ0v) is 56.4. The van der Waals surface area contributed by atoms with Crippen LogP contribution in [0, 0.1) is 85.8 Å². The Bertz CT molecular complexity index is 3660. The second-order valence-corrected chi connectivity index (χ2v) is 33.1. The van der Waals surface area contributed by atoms with Crippen molar-refractivity contribution in [1.29, 1.82) is 0 Å². The first-order valence-electron chi connectivity index (χ1n) is 37.0. The Hall–Kier alpha value is -5.41. The molecule has 3 aromatic rings. The minimum absolute atomic E-state index is 0.0822. The fourth-order valence-electron chi connectivity index (χ4n) is 24.7. The molecule has 10 aliphatic carbocycles. The number of aliphatic hydroxyl groups excluding tert-OH is 3. The Morgan fingerprint density at radius 1 is 0.837 bits per heavy atom. The van der Waals surface area contributed by atoms with Crippen LogP contribution in [0.1, 0.15) is 197 Å². The number of ether oxygens (including phenoxy) is 1. The molecule has 6 aliphatic heterocycles. The molecular formula is C84H108N2O6. The first kappa shape index (κ1) is 62.7. The molecule has 0 aromatic heterocycles. The SMILES string of the molecule is COCCc1ccc(CC2CCC3(CC2)CC[C@H]2CC4=C5C[C@@]67C=CC[C@]8(C)[C@@H](O)CC[C@@]4([C@H]4C=c9c(CCC(C)C)cccc9=C(Cc9cccc(c9)C9=CC=C(NCCC[C@@H](C%10CCCCC%10)/C(=C/O)CC[C@@H](C(=O)O)[C@H]%10[C@H](O)C[C@]53[C@]2%10C)NC9)C4=C6)[C@@H]78)cc1. The van der Waals surface area contributed by atoms with Crippen molar-refractivity contribution in [1.82, 2.24) is 10.6 Å². The lowest BCUT2D eigenvalue weighted by Crippen LogP contribution is -2.70. The highest BCUT2D eigenvalue weighted by Crippen LogP contribution is 2.86. The van der Waals surface area contributed by atoms with Crippen molar-refractivity contribution in [3.8, 4) is 0 Å². The molecule has 16 aliphatic rings. The topological polar surface area (TPSA) is 131 Å². The summed E-state index contributed by atoms with van der Waals surface area (Å²) in [6.45, 7) is 12.1. The number of aryl methyl sites for hydroxylation is 1. The standard InChI is InChI=1S/C84H108N2O6/c1-53(2)20-25-59-16-10-18-65-67(59)47-70-69-48-81-36-12-35-79(3)74(89)33-40-83(70,78(79)81)71-46-63-32-39-82(37-30-56(31-38-82)43-55-23-21-54(22-24-55)34-42-92-5)84(72(71)49-81)50-73(88)76(80(63,84)4)66(77(90)91)28-26-62(52-87)64(58-14-7-6-8-15-58)19-11-41-85-75-29-27-61(51-86-75)60-17-9-13-57(44-60)45-68(65)69/h9-10,12-13,16-18,21-24,27,29,36,44,47-48,52-53,56,58,63-64,66,70,73-74,76,78,85-89H,6-8,11,14-15,19-20,25-26,28,30-35,37-43,45-46,49-51H2,1-5H3,(H,90,91)/b62-52+/t56?,63-,64-,66+,70-,73+,74-,76-,78+,79+,80+,81+,82?,83-,84+/m0/s1. The minimum Gasteiger partial charge on any atom is -0.516 e. The van der Waals surface area contributed by atoms with E-state index in [-0.39, 0.29) is 39.9 Å². The van der Waals surface area contributed by atoms with Crippen molar-refractivity contribution in [2.24, 2.45) is 85.8 Å². The van der Waals surface area contributed by atoms with E-state index in [1.54, 1.807) is 18.3 Å². The molecule has 6 heterocycles. The van der Waals surface area contributed by atoms with Crippen molar-refractivity contribution in [3.63, 3.8) is 0 Å². The molecule has 3 spiro atoms. The summed E-state index contributed by atoms with van der Waals surface area (Å²) in [5.74, 6) is 1.23. The van der Waals surface area contributed by atoms with E-state index >= 15 is 0 Å². The third-order valence-corrected chi connectivity index (χ3v) is 28.6. The molecule has 3 aromatic carbocycles. The number of aliphatic carboxylic acids is 1. The largest absolute Gasteiger partial charge is 0.516 e. The molecule has 6 N–H and O–H groups in total. The predicted octanol–water partition coefficient (Wildman–Crippen LogP) is 15.6. The average Bonchev–Trinajstić information content (AvgIpc) is 1.16. The summed E-state index contributed by atoms with van der Waals surface area (Å²) in [7, 11) is 1.78. The van der Waals surface area contributed by atoms with Crippen LogP contribution in [0.5, 0.6) is 0 Å². The van der Waals surface area contributed by atoms with Crippen LogP contribution in [0.2, 0.25) is 0 Å². The van der Waals surface area contributed by atoms with Gasteiger partial charge in [-0.25, -0.2) is 0 Å². The van der Waals surface area contributed by atoms with Crippen molar-refractivity contribution < 1.29 is 30.0 Å². The number of carboxylic acids is 1. The first-order valence-corrected chi connectivity index (χ1v) is 37.0. The van der Waals surface area contributed by atoms with Gasteiger partial charge in [0, 0.05) is 53.7 Å². The lowest BCUT2D eigenvalue weighted by molar-refractivity contribution is -0.198. The van der Waals surface area contributed by atoms with E-state index in [0.29, 0.717) is 37.0 Å². The van der Waals surface area contributed by atoms with Crippen molar-refractivity contribution >= 4 is 23.2 Å². The predicted molar refractivity (Wildman–Crippen MR) is 370 cm³/mol. The van der Waals surface area contributed by atoms with Crippen LogP contribution in [-0.2, 0) is 35.2 Å². The third-order valence-electron chi connectivity index (χ3n) is 28.6. The number of aliphatic hydroxyl groups is 3. The van der Waals surface area contributed by atoms with Gasteiger partial charge in [-0.2, -0.15) is 0 Å². The van der Waals surface area contributed by atoms with Gasteiger partial charge in [0.05, 0.1) is 36.8 Å². The van der Waals surface area contributed by atoms with Crippen molar-refractivity contribution in [3.05, 3.63) is 170 Å². The highest BCUT2D eigenvalue weighted by atomic mass is 16.5. The number of fused-ring (bicyclic) bond motifs is 1. The van der Waals surface area contributed by atoms with Gasteiger partial charge in [0.15, 0.2) is 0 Å². The molecule has 5 saturated carbocycles. The number of rotatable bonds is 10. The third kappa shape index (κ3) is 9.88. The summed E-state index contributed by atoms with van der Waals surface area (Å²) in [5.41, 5.74) is 13.2. The number of methoxy groups -OCH3 is 1. The van der Waals surface area contributed by atoms with Crippen LogP contribution in [0.4, 0.5) is 0 Å². The van der Waals surface area contributed by atoms with E-state index in [1.165, 1.54) is 80.5 Å². The number of dihydropyridines is 1. The van der Waals surface area contributed by atoms with Gasteiger partial charge < -0.3 is 35.8 Å². The van der Waals surface area contributed by atoms with Gasteiger partial charge >= 0.3 is 5.97 Å². The maximum atomic E-state index is 14.8. The van der Waals surface area contributed by atoms with Gasteiger partial charge in [0.2, 0.25) is 0 Å². The van der Waals surface area contributed by atoms with E-state index < -0.39 is 46.3 Å². The molecule has 8 heteroatoms. The molecule has 490 valence electrons. The van der Waals surface area contributed by atoms with Crippen LogP contribution in [0.25, 0.3) is 17.2 Å². The molecule has 19 rings (SSSR count). The normalized spacial score (nSPS) is 38.5. The number of hydrogen-bond acceptors (Lipinski definition) is 7. The molecule has 5 fully saturated rings. The monoisotopic (exact) mass is 1240 g/mol. The molecule has 0 amide bonds. The number of allylic oxidation sites excluding steroid dienone is 9. The summed E-state index contributed by atoms with van der Waals surface area (Å²) >= 11 is 0. The quantitative estimate of drug-likeness (QED) is 0.0874. The van der Waals surface area contributed by atoms with Gasteiger partial charge in [-0.1, -0.05) is 155 Å². The van der Waals surface area contributed by atoms with Gasteiger partial charge in [0.25, 0.3) is 0 Å². The second-order valence-electron chi connectivity index (χ2n) is 33.1. The Balaban J connectivity index is 0.937. The van der Waals surface area contributed by atoms with E-state index in [4.69, 9.17) is 4.74 Å². The number of nitrogens with one attached hydrogen (secondary N) is 2. The zero-order valence-electron chi connectivity index (χ0n) is 56.4. The lowest BCUT2D eigenvalue weighted by Gasteiger charge is -2.76. The highest BCUT2D eigenvalue weighted by Gasteiger charge is 2.80. The van der Waals surface area contributed by atoms with Crippen LogP contribution < -0.4 is 21.1 Å². The summed E-state index contributed by atoms with van der Waals surface area (Å²) in [6, 6.07) is 26.0. The van der Waals surface area contributed by atoms with E-state index in [0.717, 1.165) is 160 Å². The molecule has 0 saturated heterocycles. The van der Waals surface area contributed by atoms with Crippen LogP contribution >= 0.6 is 0 Å². The maximum Gasteiger partial charge on any atom is 0.306 e. The fourth-order valence-corrected chi connectivity index (χ4v) is 24.7. The zero-order chi connectivity index (χ0) is 63.4. The lowest BCUT2D eigenvalue weighted by atomic mass is 9.27. The minimum atomic E-state index is -0.788.